The summed E-state index contributed by atoms with van der Waals surface area (Å²) in [6.07, 6.45) is 2.91. The van der Waals surface area contributed by atoms with Crippen molar-refractivity contribution < 1.29 is 28.9 Å². The first kappa shape index (κ1) is 21.1. The number of carboxylic acid groups (broad SMARTS) is 2. The number of carbonyl (C=O) groups is 2. The highest BCUT2D eigenvalue weighted by atomic mass is 19.1. The molecule has 1 atom stereocenters. The monoisotopic (exact) mass is 433 g/mol. The predicted molar refractivity (Wildman–Crippen MR) is 111 cm³/mol. The van der Waals surface area contributed by atoms with Gasteiger partial charge in [0.2, 0.25) is 5.43 Å². The maximum Gasteiger partial charge on any atom is 0.341 e. The number of piperazine rings is 1. The van der Waals surface area contributed by atoms with Crippen LogP contribution in [0.3, 0.4) is 0 Å². The summed E-state index contributed by atoms with van der Waals surface area (Å²) in [5.41, 5.74) is -0.770. The van der Waals surface area contributed by atoms with Gasteiger partial charge < -0.3 is 24.4 Å². The van der Waals surface area contributed by atoms with Crippen molar-refractivity contribution >= 4 is 28.5 Å². The molecule has 0 radical (unpaired) electrons. The maximum absolute atomic E-state index is 15.3. The number of hydrogen-bond acceptors (Lipinski definition) is 6. The molecule has 2 aliphatic rings. The largest absolute Gasteiger partial charge is 0.492 e. The van der Waals surface area contributed by atoms with Crippen molar-refractivity contribution in [2.75, 3.05) is 38.2 Å². The van der Waals surface area contributed by atoms with Crippen LogP contribution in [0.25, 0.3) is 10.9 Å². The first-order valence-electron chi connectivity index (χ1n) is 10.2. The van der Waals surface area contributed by atoms with Crippen LogP contribution < -0.4 is 15.1 Å². The Morgan fingerprint density at radius 1 is 1.26 bits per heavy atom. The fourth-order valence-corrected chi connectivity index (χ4v) is 4.36. The number of nitrogens with zero attached hydrogens (tertiary/aromatic N) is 3. The van der Waals surface area contributed by atoms with E-state index in [0.717, 1.165) is 18.9 Å². The minimum atomic E-state index is -1.37. The number of hydrogen-bond donors (Lipinski definition) is 2. The maximum atomic E-state index is 15.3. The van der Waals surface area contributed by atoms with Crippen molar-refractivity contribution in [1.82, 2.24) is 9.47 Å². The number of aromatic nitrogens is 1. The van der Waals surface area contributed by atoms with Crippen LogP contribution in [0.1, 0.15) is 36.2 Å². The van der Waals surface area contributed by atoms with Crippen LogP contribution in [0, 0.1) is 5.82 Å². The molecule has 4 rings (SSSR count). The second kappa shape index (κ2) is 7.84. The number of aliphatic carboxylic acids is 1. The molecule has 1 aromatic heterocycles. The van der Waals surface area contributed by atoms with E-state index >= 15 is 4.39 Å². The van der Waals surface area contributed by atoms with Gasteiger partial charge in [-0.3, -0.25) is 14.5 Å². The first-order chi connectivity index (χ1) is 14.8. The highest BCUT2D eigenvalue weighted by Crippen LogP contribution is 2.44. The number of ether oxygens (including phenoxy) is 1. The van der Waals surface area contributed by atoms with E-state index < -0.39 is 34.8 Å². The molecular formula is C21H24FN3O6. The Morgan fingerprint density at radius 3 is 2.52 bits per heavy atom. The molecular weight excluding hydrogens is 409 g/mol. The number of fused-ring (bicyclic) bond motifs is 1. The van der Waals surface area contributed by atoms with Gasteiger partial charge in [-0.2, -0.15) is 0 Å². The summed E-state index contributed by atoms with van der Waals surface area (Å²) in [6.45, 7) is 3.31. The molecule has 2 heterocycles. The number of aromatic carboxylic acids is 1. The van der Waals surface area contributed by atoms with Crippen molar-refractivity contribution in [3.05, 3.63) is 33.9 Å². The van der Waals surface area contributed by atoms with E-state index in [1.165, 1.54) is 13.3 Å². The summed E-state index contributed by atoms with van der Waals surface area (Å²) in [6, 6.07) is 0.235. The number of pyridine rings is 1. The van der Waals surface area contributed by atoms with E-state index in [1.807, 2.05) is 11.8 Å². The van der Waals surface area contributed by atoms with Gasteiger partial charge in [0.15, 0.2) is 11.6 Å². The first-order valence-corrected chi connectivity index (χ1v) is 10.2. The van der Waals surface area contributed by atoms with Crippen LogP contribution in [-0.2, 0) is 4.79 Å². The molecule has 2 N–H and O–H groups in total. The smallest absolute Gasteiger partial charge is 0.341 e. The minimum Gasteiger partial charge on any atom is -0.492 e. The average Bonchev–Trinajstić information content (AvgIpc) is 3.58. The number of carboxylic acids is 2. The van der Waals surface area contributed by atoms with Crippen LogP contribution in [-0.4, -0.2) is 70.9 Å². The second-order valence-corrected chi connectivity index (χ2v) is 7.88. The molecule has 0 spiro atoms. The Kier molecular flexibility index (Phi) is 5.34. The Balaban J connectivity index is 1.93. The third-order valence-corrected chi connectivity index (χ3v) is 6.07. The van der Waals surface area contributed by atoms with E-state index in [0.29, 0.717) is 25.2 Å². The molecule has 2 aromatic rings. The summed E-state index contributed by atoms with van der Waals surface area (Å²) < 4.78 is 22.6. The quantitative estimate of drug-likeness (QED) is 0.709. The van der Waals surface area contributed by atoms with Gasteiger partial charge in [0.25, 0.3) is 0 Å². The number of anilines is 1. The van der Waals surface area contributed by atoms with Crippen molar-refractivity contribution in [3.8, 4) is 5.75 Å². The molecule has 166 valence electrons. The van der Waals surface area contributed by atoms with Crippen LogP contribution >= 0.6 is 0 Å². The van der Waals surface area contributed by atoms with E-state index in [1.54, 1.807) is 9.47 Å². The third-order valence-electron chi connectivity index (χ3n) is 6.07. The lowest BCUT2D eigenvalue weighted by molar-refractivity contribution is -0.143. The molecule has 1 saturated carbocycles. The SMILES string of the molecule is CCN1CCN(c2c(F)cc3c(=O)c(C(=O)O)cn(C4CC4)c3c2OC)CC1C(=O)O. The molecule has 0 bridgehead atoms. The molecule has 1 aliphatic heterocycles. The Labute approximate surface area is 177 Å². The normalized spacial score (nSPS) is 19.6. The van der Waals surface area contributed by atoms with Crippen LogP contribution in [0.5, 0.6) is 5.75 Å². The fourth-order valence-electron chi connectivity index (χ4n) is 4.36. The lowest BCUT2D eigenvalue weighted by Gasteiger charge is -2.40. The van der Waals surface area contributed by atoms with E-state index in [9.17, 15) is 24.6 Å². The summed E-state index contributed by atoms with van der Waals surface area (Å²) in [5, 5.41) is 19.0. The summed E-state index contributed by atoms with van der Waals surface area (Å²) in [5.74, 6) is -3.00. The highest BCUT2D eigenvalue weighted by molar-refractivity contribution is 5.97. The van der Waals surface area contributed by atoms with Crippen LogP contribution in [0.15, 0.2) is 17.1 Å². The predicted octanol–water partition coefficient (Wildman–Crippen LogP) is 1.78. The Morgan fingerprint density at radius 2 is 1.97 bits per heavy atom. The number of methoxy groups -OCH3 is 1. The third kappa shape index (κ3) is 3.50. The van der Waals surface area contributed by atoms with Crippen LogP contribution in [0.4, 0.5) is 10.1 Å². The number of rotatable bonds is 6. The van der Waals surface area contributed by atoms with Gasteiger partial charge in [-0.1, -0.05) is 6.92 Å². The van der Waals surface area contributed by atoms with Crippen molar-refractivity contribution in [1.29, 1.82) is 0 Å². The molecule has 1 aromatic carbocycles. The molecule has 2 fully saturated rings. The molecule has 1 aliphatic carbocycles. The summed E-state index contributed by atoms with van der Waals surface area (Å²) in [7, 11) is 1.36. The second-order valence-electron chi connectivity index (χ2n) is 7.88. The Bertz CT molecular complexity index is 1130. The van der Waals surface area contributed by atoms with Gasteiger partial charge in [0.05, 0.1) is 18.0 Å². The standard InChI is InChI=1S/C21H24FN3O6/c1-3-23-6-7-24(10-15(23)21(29)30)17-14(22)8-12-16(19(17)31-2)25(11-4-5-11)9-13(18(12)26)20(27)28/h8-9,11,15H,3-7,10H2,1-2H3,(H,27,28)(H,29,30). The van der Waals surface area contributed by atoms with Gasteiger partial charge in [-0.15, -0.1) is 0 Å². The van der Waals surface area contributed by atoms with Gasteiger partial charge >= 0.3 is 11.9 Å². The summed E-state index contributed by atoms with van der Waals surface area (Å²) in [4.78, 5) is 39.5. The van der Waals surface area contributed by atoms with Crippen molar-refractivity contribution in [2.45, 2.75) is 31.8 Å². The molecule has 1 saturated heterocycles. The van der Waals surface area contributed by atoms with Gasteiger partial charge in [0, 0.05) is 31.9 Å². The molecule has 0 amide bonds. The summed E-state index contributed by atoms with van der Waals surface area (Å²) >= 11 is 0. The zero-order valence-electron chi connectivity index (χ0n) is 17.3. The fraction of sp³-hybridized carbons (Fsp3) is 0.476. The lowest BCUT2D eigenvalue weighted by Crippen LogP contribution is -2.56. The zero-order chi connectivity index (χ0) is 22.4. The van der Waals surface area contributed by atoms with Gasteiger partial charge in [-0.05, 0) is 25.5 Å². The van der Waals surface area contributed by atoms with Gasteiger partial charge in [-0.25, -0.2) is 9.18 Å². The molecule has 9 nitrogen and oxygen atoms in total. The van der Waals surface area contributed by atoms with E-state index in [-0.39, 0.29) is 29.4 Å². The number of likely N-dealkylation sites (N-methyl/N-ethyl adjacent to an activating group) is 1. The Hall–Kier alpha value is -3.14. The topological polar surface area (TPSA) is 112 Å². The molecule has 10 heteroatoms. The van der Waals surface area contributed by atoms with E-state index in [2.05, 4.69) is 0 Å². The average molecular weight is 433 g/mol. The van der Waals surface area contributed by atoms with Crippen LogP contribution in [0.2, 0.25) is 0 Å². The highest BCUT2D eigenvalue weighted by Gasteiger charge is 2.36. The molecule has 31 heavy (non-hydrogen) atoms. The number of benzene rings is 1. The van der Waals surface area contributed by atoms with Crippen molar-refractivity contribution in [2.24, 2.45) is 0 Å². The van der Waals surface area contributed by atoms with Crippen molar-refractivity contribution in [3.63, 3.8) is 0 Å². The number of halogens is 1. The minimum absolute atomic E-state index is 0.00267. The van der Waals surface area contributed by atoms with E-state index in [4.69, 9.17) is 4.74 Å². The molecule has 1 unspecified atom stereocenters. The zero-order valence-corrected chi connectivity index (χ0v) is 17.3. The van der Waals surface area contributed by atoms with Gasteiger partial charge in [0.1, 0.15) is 17.3 Å². The lowest BCUT2D eigenvalue weighted by atomic mass is 10.1.